The van der Waals surface area contributed by atoms with Gasteiger partial charge in [0, 0.05) is 0 Å². The van der Waals surface area contributed by atoms with Crippen LogP contribution in [0.1, 0.15) is 33.6 Å². The number of carboxylic acids is 2. The van der Waals surface area contributed by atoms with Crippen molar-refractivity contribution in [3.8, 4) is 0 Å². The molecule has 2 unspecified atom stereocenters. The zero-order valence-corrected chi connectivity index (χ0v) is 8.86. The summed E-state index contributed by atoms with van der Waals surface area (Å²) in [6, 6.07) is 0. The smallest absolute Gasteiger partial charge is 0.306 e. The highest BCUT2D eigenvalue weighted by atomic mass is 16.4. The summed E-state index contributed by atoms with van der Waals surface area (Å²) in [5, 5.41) is 17.5. The van der Waals surface area contributed by atoms with E-state index in [0.717, 1.165) is 0 Å². The van der Waals surface area contributed by atoms with E-state index < -0.39 is 23.8 Å². The fourth-order valence-electron chi connectivity index (χ4n) is 1.29. The van der Waals surface area contributed by atoms with Crippen molar-refractivity contribution >= 4 is 11.9 Å². The van der Waals surface area contributed by atoms with Crippen LogP contribution in [0, 0.1) is 17.8 Å². The number of carboxylic acid groups (broad SMARTS) is 2. The van der Waals surface area contributed by atoms with Crippen LogP contribution in [0.4, 0.5) is 0 Å². The van der Waals surface area contributed by atoms with E-state index in [1.165, 1.54) is 0 Å². The lowest BCUT2D eigenvalue weighted by Gasteiger charge is -2.16. The van der Waals surface area contributed by atoms with Crippen LogP contribution in [-0.4, -0.2) is 22.2 Å². The predicted molar refractivity (Wildman–Crippen MR) is 52.0 cm³/mol. The highest BCUT2D eigenvalue weighted by molar-refractivity contribution is 5.71. The standard InChI is InChI=1S/C10H18O4/c1-6(2)8(10(13)14)5-4-7(3)9(11)12/h6-8H,4-5H2,1-3H3,(H,11,12)(H,13,14). The van der Waals surface area contributed by atoms with E-state index in [0.29, 0.717) is 12.8 Å². The number of carbonyl (C=O) groups is 2. The van der Waals surface area contributed by atoms with Gasteiger partial charge in [0.25, 0.3) is 0 Å². The Bertz CT molecular complexity index is 210. The molecule has 0 heterocycles. The molecule has 0 amide bonds. The molecule has 0 fully saturated rings. The molecule has 0 saturated carbocycles. The van der Waals surface area contributed by atoms with Crippen molar-refractivity contribution < 1.29 is 19.8 Å². The normalized spacial score (nSPS) is 15.1. The summed E-state index contributed by atoms with van der Waals surface area (Å²) in [5.74, 6) is -2.55. The Morgan fingerprint density at radius 1 is 1.00 bits per heavy atom. The number of aliphatic carboxylic acids is 2. The summed E-state index contributed by atoms with van der Waals surface area (Å²) >= 11 is 0. The first-order valence-electron chi connectivity index (χ1n) is 4.81. The lowest BCUT2D eigenvalue weighted by atomic mass is 9.88. The quantitative estimate of drug-likeness (QED) is 0.689. The monoisotopic (exact) mass is 202 g/mol. The summed E-state index contributed by atoms with van der Waals surface area (Å²) in [6.45, 7) is 5.27. The summed E-state index contributed by atoms with van der Waals surface area (Å²) in [4.78, 5) is 21.3. The van der Waals surface area contributed by atoms with Gasteiger partial charge in [-0.25, -0.2) is 0 Å². The van der Waals surface area contributed by atoms with E-state index in [1.807, 2.05) is 13.8 Å². The summed E-state index contributed by atoms with van der Waals surface area (Å²) in [6.07, 6.45) is 0.852. The Hall–Kier alpha value is -1.06. The first-order valence-corrected chi connectivity index (χ1v) is 4.81. The van der Waals surface area contributed by atoms with Crippen molar-refractivity contribution in [2.24, 2.45) is 17.8 Å². The minimum atomic E-state index is -0.863. The zero-order valence-electron chi connectivity index (χ0n) is 8.86. The van der Waals surface area contributed by atoms with Crippen molar-refractivity contribution in [2.45, 2.75) is 33.6 Å². The van der Waals surface area contributed by atoms with Gasteiger partial charge in [-0.1, -0.05) is 20.8 Å². The third-order valence-corrected chi connectivity index (χ3v) is 2.45. The molecule has 0 aromatic heterocycles. The second kappa shape index (κ2) is 5.62. The molecule has 0 saturated heterocycles. The Labute approximate surface area is 83.9 Å². The maximum Gasteiger partial charge on any atom is 0.306 e. The van der Waals surface area contributed by atoms with Crippen LogP contribution < -0.4 is 0 Å². The third kappa shape index (κ3) is 4.25. The predicted octanol–water partition coefficient (Wildman–Crippen LogP) is 1.84. The van der Waals surface area contributed by atoms with Crippen molar-refractivity contribution in [3.05, 3.63) is 0 Å². The fourth-order valence-corrected chi connectivity index (χ4v) is 1.29. The fraction of sp³-hybridized carbons (Fsp3) is 0.800. The summed E-state index contributed by atoms with van der Waals surface area (Å²) in [5.41, 5.74) is 0. The number of hydrogen-bond acceptors (Lipinski definition) is 2. The molecular weight excluding hydrogens is 184 g/mol. The zero-order chi connectivity index (χ0) is 11.3. The van der Waals surface area contributed by atoms with Gasteiger partial charge >= 0.3 is 11.9 Å². The first kappa shape index (κ1) is 12.9. The maximum absolute atomic E-state index is 10.8. The van der Waals surface area contributed by atoms with E-state index >= 15 is 0 Å². The molecule has 2 atom stereocenters. The van der Waals surface area contributed by atoms with Crippen molar-refractivity contribution in [1.29, 1.82) is 0 Å². The molecule has 2 N–H and O–H groups in total. The van der Waals surface area contributed by atoms with Crippen LogP contribution in [0.3, 0.4) is 0 Å². The molecule has 0 aromatic rings. The number of hydrogen-bond donors (Lipinski definition) is 2. The largest absolute Gasteiger partial charge is 0.481 e. The molecule has 0 aliphatic carbocycles. The first-order chi connectivity index (χ1) is 6.36. The molecular formula is C10H18O4. The van der Waals surface area contributed by atoms with Crippen LogP contribution in [0.25, 0.3) is 0 Å². The Kier molecular flexibility index (Phi) is 5.20. The van der Waals surface area contributed by atoms with Gasteiger partial charge in [-0.2, -0.15) is 0 Å². The second-order valence-electron chi connectivity index (χ2n) is 4.01. The van der Waals surface area contributed by atoms with E-state index in [-0.39, 0.29) is 5.92 Å². The number of rotatable bonds is 6. The molecule has 4 nitrogen and oxygen atoms in total. The average molecular weight is 202 g/mol. The van der Waals surface area contributed by atoms with E-state index in [1.54, 1.807) is 6.92 Å². The van der Waals surface area contributed by atoms with Gasteiger partial charge in [-0.05, 0) is 18.8 Å². The van der Waals surface area contributed by atoms with Gasteiger partial charge in [0.15, 0.2) is 0 Å². The minimum absolute atomic E-state index is 0.0495. The minimum Gasteiger partial charge on any atom is -0.481 e. The Morgan fingerprint density at radius 2 is 1.50 bits per heavy atom. The van der Waals surface area contributed by atoms with E-state index in [2.05, 4.69) is 0 Å². The Morgan fingerprint density at radius 3 is 1.79 bits per heavy atom. The van der Waals surface area contributed by atoms with Gasteiger partial charge in [-0.3, -0.25) is 9.59 Å². The van der Waals surface area contributed by atoms with Gasteiger partial charge in [0.2, 0.25) is 0 Å². The second-order valence-corrected chi connectivity index (χ2v) is 4.01. The molecule has 0 bridgehead atoms. The van der Waals surface area contributed by atoms with Crippen molar-refractivity contribution in [3.63, 3.8) is 0 Å². The van der Waals surface area contributed by atoms with Crippen LogP contribution in [0.15, 0.2) is 0 Å². The molecule has 0 radical (unpaired) electrons. The molecule has 0 aromatic carbocycles. The maximum atomic E-state index is 10.8. The topological polar surface area (TPSA) is 74.6 Å². The van der Waals surface area contributed by atoms with Gasteiger partial charge in [-0.15, -0.1) is 0 Å². The summed E-state index contributed by atoms with van der Waals surface area (Å²) < 4.78 is 0. The molecule has 0 aliphatic rings. The Balaban J connectivity index is 4.07. The molecule has 82 valence electrons. The molecule has 4 heteroatoms. The van der Waals surface area contributed by atoms with Crippen LogP contribution in [0.2, 0.25) is 0 Å². The van der Waals surface area contributed by atoms with Crippen LogP contribution in [-0.2, 0) is 9.59 Å². The highest BCUT2D eigenvalue weighted by Gasteiger charge is 2.23. The van der Waals surface area contributed by atoms with Crippen LogP contribution in [0.5, 0.6) is 0 Å². The van der Waals surface area contributed by atoms with Gasteiger partial charge in [0.05, 0.1) is 11.8 Å². The molecule has 0 rings (SSSR count). The average Bonchev–Trinajstić information content (AvgIpc) is 2.02. The lowest BCUT2D eigenvalue weighted by molar-refractivity contribution is -0.145. The lowest BCUT2D eigenvalue weighted by Crippen LogP contribution is -2.21. The third-order valence-electron chi connectivity index (χ3n) is 2.45. The van der Waals surface area contributed by atoms with Gasteiger partial charge < -0.3 is 10.2 Å². The van der Waals surface area contributed by atoms with E-state index in [4.69, 9.17) is 10.2 Å². The molecule has 0 aliphatic heterocycles. The van der Waals surface area contributed by atoms with Crippen molar-refractivity contribution in [1.82, 2.24) is 0 Å². The van der Waals surface area contributed by atoms with E-state index in [9.17, 15) is 9.59 Å². The van der Waals surface area contributed by atoms with Gasteiger partial charge in [0.1, 0.15) is 0 Å². The summed E-state index contributed by atoms with van der Waals surface area (Å²) in [7, 11) is 0. The van der Waals surface area contributed by atoms with Crippen molar-refractivity contribution in [2.75, 3.05) is 0 Å². The highest BCUT2D eigenvalue weighted by Crippen LogP contribution is 2.20. The molecule has 14 heavy (non-hydrogen) atoms. The van der Waals surface area contributed by atoms with Crippen LogP contribution >= 0.6 is 0 Å². The molecule has 0 spiro atoms. The SMILES string of the molecule is CC(CCC(C(=O)O)C(C)C)C(=O)O.